The van der Waals surface area contributed by atoms with Gasteiger partial charge in [0, 0.05) is 5.69 Å². The summed E-state index contributed by atoms with van der Waals surface area (Å²) in [6, 6.07) is 5.99. The minimum absolute atomic E-state index is 0.291. The molecule has 1 atom stereocenters. The molecule has 1 unspecified atom stereocenters. The Bertz CT molecular complexity index is 653. The Morgan fingerprint density at radius 1 is 1.32 bits per heavy atom. The van der Waals surface area contributed by atoms with Gasteiger partial charge in [-0.25, -0.2) is 5.48 Å². The maximum absolute atomic E-state index is 12.4. The molecule has 118 valence electrons. The second kappa shape index (κ2) is 6.06. The van der Waals surface area contributed by atoms with Crippen LogP contribution in [0.4, 0.5) is 24.9 Å². The van der Waals surface area contributed by atoms with Gasteiger partial charge in [0.15, 0.2) is 5.69 Å². The van der Waals surface area contributed by atoms with E-state index in [2.05, 4.69) is 14.7 Å². The maximum Gasteiger partial charge on any atom is 0.436 e. The Morgan fingerprint density at radius 3 is 2.45 bits per heavy atom. The zero-order valence-corrected chi connectivity index (χ0v) is 11.3. The summed E-state index contributed by atoms with van der Waals surface area (Å²) in [4.78, 5) is 14.6. The van der Waals surface area contributed by atoms with Crippen LogP contribution in [0, 0.1) is 0 Å². The van der Waals surface area contributed by atoms with Crippen LogP contribution in [-0.4, -0.2) is 16.1 Å². The molecule has 0 aliphatic carbocycles. The van der Waals surface area contributed by atoms with Crippen molar-refractivity contribution in [3.05, 3.63) is 41.8 Å². The van der Waals surface area contributed by atoms with Gasteiger partial charge in [0.25, 0.3) is 11.9 Å². The molecule has 1 aromatic heterocycles. The third-order valence-corrected chi connectivity index (χ3v) is 2.96. The zero-order chi connectivity index (χ0) is 16.3. The van der Waals surface area contributed by atoms with Gasteiger partial charge in [-0.2, -0.15) is 18.2 Å². The highest BCUT2D eigenvalue weighted by Gasteiger charge is 2.34. The number of rotatable bonds is 4. The van der Waals surface area contributed by atoms with E-state index >= 15 is 0 Å². The number of oxazole rings is 1. The third-order valence-electron chi connectivity index (χ3n) is 2.96. The number of nitrogens with one attached hydrogen (secondary N) is 2. The van der Waals surface area contributed by atoms with E-state index in [0.717, 1.165) is 0 Å². The molecule has 0 bridgehead atoms. The summed E-state index contributed by atoms with van der Waals surface area (Å²) in [6.07, 6.45) is -4.05. The molecule has 0 spiro atoms. The van der Waals surface area contributed by atoms with Gasteiger partial charge in [-0.05, 0) is 24.6 Å². The lowest BCUT2D eigenvalue weighted by Crippen LogP contribution is -2.24. The SMILES string of the molecule is CC(C(=O)NO)c1ccc(Nc2nc(C(F)(F)F)co2)cc1. The van der Waals surface area contributed by atoms with Crippen molar-refractivity contribution >= 4 is 17.6 Å². The van der Waals surface area contributed by atoms with Crippen LogP contribution >= 0.6 is 0 Å². The number of carbonyl (C=O) groups is 1. The number of hydrogen-bond donors (Lipinski definition) is 3. The zero-order valence-electron chi connectivity index (χ0n) is 11.3. The van der Waals surface area contributed by atoms with E-state index in [4.69, 9.17) is 5.21 Å². The minimum atomic E-state index is -4.57. The van der Waals surface area contributed by atoms with E-state index < -0.39 is 23.7 Å². The maximum atomic E-state index is 12.4. The standard InChI is InChI=1S/C13H12F3N3O3/c1-7(11(20)19-21)8-2-4-9(5-3-8)17-12-18-10(6-22-12)13(14,15)16/h2-7,21H,1H3,(H,17,18)(H,19,20). The van der Waals surface area contributed by atoms with Gasteiger partial charge in [0.2, 0.25) is 0 Å². The van der Waals surface area contributed by atoms with Gasteiger partial charge in [-0.15, -0.1) is 0 Å². The summed E-state index contributed by atoms with van der Waals surface area (Å²) < 4.78 is 41.8. The number of alkyl halides is 3. The highest BCUT2D eigenvalue weighted by Crippen LogP contribution is 2.30. The number of carbonyl (C=O) groups excluding carboxylic acids is 1. The predicted octanol–water partition coefficient (Wildman–Crippen LogP) is 3.05. The van der Waals surface area contributed by atoms with Crippen LogP contribution in [-0.2, 0) is 11.0 Å². The first-order chi connectivity index (χ1) is 10.3. The quantitative estimate of drug-likeness (QED) is 0.596. The number of benzene rings is 1. The highest BCUT2D eigenvalue weighted by molar-refractivity contribution is 5.82. The third kappa shape index (κ3) is 3.55. The van der Waals surface area contributed by atoms with Gasteiger partial charge >= 0.3 is 6.18 Å². The molecule has 0 aliphatic heterocycles. The summed E-state index contributed by atoms with van der Waals surface area (Å²) in [7, 11) is 0. The predicted molar refractivity (Wildman–Crippen MR) is 69.6 cm³/mol. The van der Waals surface area contributed by atoms with Crippen molar-refractivity contribution in [1.29, 1.82) is 0 Å². The monoisotopic (exact) mass is 315 g/mol. The van der Waals surface area contributed by atoms with E-state index in [1.165, 1.54) is 0 Å². The molecule has 0 fully saturated rings. The fraction of sp³-hybridized carbons (Fsp3) is 0.231. The Labute approximate surface area is 122 Å². The lowest BCUT2D eigenvalue weighted by Gasteiger charge is -2.10. The number of hydroxylamine groups is 1. The molecule has 1 heterocycles. The molecule has 0 saturated carbocycles. The first kappa shape index (κ1) is 15.8. The summed E-state index contributed by atoms with van der Waals surface area (Å²) in [5.74, 6) is -1.14. The van der Waals surface area contributed by atoms with Crippen molar-refractivity contribution in [2.24, 2.45) is 0 Å². The van der Waals surface area contributed by atoms with Crippen molar-refractivity contribution in [3.8, 4) is 0 Å². The number of hydrogen-bond acceptors (Lipinski definition) is 5. The van der Waals surface area contributed by atoms with E-state index in [9.17, 15) is 18.0 Å². The van der Waals surface area contributed by atoms with Crippen LogP contribution in [0.3, 0.4) is 0 Å². The smallest absolute Gasteiger partial charge is 0.431 e. The fourth-order valence-electron chi connectivity index (χ4n) is 1.69. The van der Waals surface area contributed by atoms with Crippen molar-refractivity contribution in [2.75, 3.05) is 5.32 Å². The number of amides is 1. The number of anilines is 2. The molecule has 9 heteroatoms. The molecule has 6 nitrogen and oxygen atoms in total. The van der Waals surface area contributed by atoms with E-state index in [0.29, 0.717) is 17.5 Å². The minimum Gasteiger partial charge on any atom is -0.431 e. The first-order valence-corrected chi connectivity index (χ1v) is 6.15. The Balaban J connectivity index is 2.08. The largest absolute Gasteiger partial charge is 0.436 e. The normalized spacial score (nSPS) is 12.8. The molecule has 2 aromatic rings. The van der Waals surface area contributed by atoms with Gasteiger partial charge in [-0.3, -0.25) is 10.0 Å². The average molecular weight is 315 g/mol. The second-order valence-corrected chi connectivity index (χ2v) is 4.48. The molecule has 0 radical (unpaired) electrons. The Hall–Kier alpha value is -2.55. The molecule has 22 heavy (non-hydrogen) atoms. The van der Waals surface area contributed by atoms with Gasteiger partial charge in [0.1, 0.15) is 6.26 Å². The molecule has 0 saturated heterocycles. The summed E-state index contributed by atoms with van der Waals surface area (Å²) >= 11 is 0. The van der Waals surface area contributed by atoms with Crippen molar-refractivity contribution in [3.63, 3.8) is 0 Å². The van der Waals surface area contributed by atoms with Crippen LogP contribution in [0.15, 0.2) is 34.9 Å². The van der Waals surface area contributed by atoms with E-state index in [-0.39, 0.29) is 6.01 Å². The molecule has 1 aromatic carbocycles. The lowest BCUT2D eigenvalue weighted by molar-refractivity contribution is -0.141. The van der Waals surface area contributed by atoms with Crippen LogP contribution in [0.5, 0.6) is 0 Å². The number of aromatic nitrogens is 1. The molecular formula is C13H12F3N3O3. The van der Waals surface area contributed by atoms with Gasteiger partial charge in [0.05, 0.1) is 5.92 Å². The molecule has 3 N–H and O–H groups in total. The van der Waals surface area contributed by atoms with Crippen LogP contribution in [0.1, 0.15) is 24.1 Å². The molecule has 0 aliphatic rings. The van der Waals surface area contributed by atoms with Crippen LogP contribution in [0.2, 0.25) is 0 Å². The van der Waals surface area contributed by atoms with Crippen molar-refractivity contribution in [2.45, 2.75) is 19.0 Å². The number of nitrogens with zero attached hydrogens (tertiary/aromatic N) is 1. The average Bonchev–Trinajstić information content (AvgIpc) is 2.95. The summed E-state index contributed by atoms with van der Waals surface area (Å²) in [6.45, 7) is 1.59. The summed E-state index contributed by atoms with van der Waals surface area (Å²) in [5.41, 5.74) is 1.49. The van der Waals surface area contributed by atoms with Crippen LogP contribution in [0.25, 0.3) is 0 Å². The van der Waals surface area contributed by atoms with Gasteiger partial charge in [-0.1, -0.05) is 12.1 Å². The molecule has 2 rings (SSSR count). The van der Waals surface area contributed by atoms with Crippen molar-refractivity contribution < 1.29 is 27.6 Å². The fourth-order valence-corrected chi connectivity index (χ4v) is 1.69. The van der Waals surface area contributed by atoms with Crippen LogP contribution < -0.4 is 10.8 Å². The lowest BCUT2D eigenvalue weighted by atomic mass is 10.0. The second-order valence-electron chi connectivity index (χ2n) is 4.48. The first-order valence-electron chi connectivity index (χ1n) is 6.15. The van der Waals surface area contributed by atoms with E-state index in [1.54, 1.807) is 36.7 Å². The molecule has 1 amide bonds. The highest BCUT2D eigenvalue weighted by atomic mass is 19.4. The Kier molecular flexibility index (Phi) is 4.36. The van der Waals surface area contributed by atoms with Gasteiger partial charge < -0.3 is 9.73 Å². The number of halogens is 3. The Morgan fingerprint density at radius 2 is 1.95 bits per heavy atom. The molecular weight excluding hydrogens is 303 g/mol. The topological polar surface area (TPSA) is 87.4 Å². The summed E-state index contributed by atoms with van der Waals surface area (Å²) in [5, 5.41) is 11.1. The van der Waals surface area contributed by atoms with Crippen molar-refractivity contribution in [1.82, 2.24) is 10.5 Å². The van der Waals surface area contributed by atoms with E-state index in [1.807, 2.05) is 0 Å².